The highest BCUT2D eigenvalue weighted by atomic mass is 16.6. The number of carbonyl (C=O) groups excluding carboxylic acids is 1. The van der Waals surface area contributed by atoms with E-state index in [0.717, 1.165) is 10.9 Å². The van der Waals surface area contributed by atoms with E-state index in [9.17, 15) is 20.2 Å². The van der Waals surface area contributed by atoms with E-state index in [1.807, 2.05) is 31.2 Å². The Morgan fingerprint density at radius 2 is 1.85 bits per heavy atom. The number of nitrogens with zero attached hydrogens (tertiary/aromatic N) is 8. The van der Waals surface area contributed by atoms with Crippen LogP contribution < -0.4 is 4.90 Å². The number of anilines is 1. The Labute approximate surface area is 222 Å². The molecule has 0 aliphatic carbocycles. The molecule has 1 amide bonds. The highest BCUT2D eigenvalue weighted by Gasteiger charge is 2.31. The molecule has 0 radical (unpaired) electrons. The fourth-order valence-corrected chi connectivity index (χ4v) is 5.10. The van der Waals surface area contributed by atoms with Gasteiger partial charge in [0.2, 0.25) is 5.95 Å². The maximum atomic E-state index is 13.3. The number of amides is 1. The molecule has 1 aliphatic rings. The SMILES string of the molecule is CC1CN(c2nc3ccccc3c3nnc(-c4ccccc4[N+](=O)[O-])n23)CCN1C(=O)c1cccc(C#N)c1. The third-order valence-corrected chi connectivity index (χ3v) is 6.98. The molecule has 0 spiro atoms. The van der Waals surface area contributed by atoms with Crippen LogP contribution in [0.4, 0.5) is 11.6 Å². The van der Waals surface area contributed by atoms with E-state index in [2.05, 4.69) is 21.2 Å². The minimum atomic E-state index is -0.432. The van der Waals surface area contributed by atoms with E-state index in [0.29, 0.717) is 53.7 Å². The number of para-hydroxylation sites is 2. The molecule has 1 saturated heterocycles. The van der Waals surface area contributed by atoms with Gasteiger partial charge in [-0.3, -0.25) is 14.9 Å². The van der Waals surface area contributed by atoms with E-state index >= 15 is 0 Å². The average Bonchev–Trinajstić information content (AvgIpc) is 3.42. The smallest absolute Gasteiger partial charge is 0.280 e. The molecule has 6 rings (SSSR count). The van der Waals surface area contributed by atoms with Gasteiger partial charge in [-0.2, -0.15) is 5.26 Å². The number of fused-ring (bicyclic) bond motifs is 3. The highest BCUT2D eigenvalue weighted by Crippen LogP contribution is 2.33. The van der Waals surface area contributed by atoms with Gasteiger partial charge in [-0.15, -0.1) is 10.2 Å². The molecule has 192 valence electrons. The van der Waals surface area contributed by atoms with Gasteiger partial charge in [0.25, 0.3) is 11.6 Å². The second kappa shape index (κ2) is 9.50. The molecule has 0 bridgehead atoms. The first-order valence-corrected chi connectivity index (χ1v) is 12.4. The molecular weight excluding hydrogens is 496 g/mol. The Kier molecular flexibility index (Phi) is 5.84. The van der Waals surface area contributed by atoms with Crippen molar-refractivity contribution in [3.05, 3.63) is 94.0 Å². The Morgan fingerprint density at radius 1 is 1.05 bits per heavy atom. The van der Waals surface area contributed by atoms with Crippen LogP contribution in [-0.2, 0) is 0 Å². The molecule has 11 heteroatoms. The number of carbonyl (C=O) groups is 1. The summed E-state index contributed by atoms with van der Waals surface area (Å²) in [7, 11) is 0. The summed E-state index contributed by atoms with van der Waals surface area (Å²) in [5.41, 5.74) is 2.44. The third-order valence-electron chi connectivity index (χ3n) is 6.98. The fourth-order valence-electron chi connectivity index (χ4n) is 5.10. The molecule has 5 aromatic rings. The highest BCUT2D eigenvalue weighted by molar-refractivity contribution is 5.95. The van der Waals surface area contributed by atoms with Gasteiger partial charge in [0.05, 0.1) is 27.6 Å². The summed E-state index contributed by atoms with van der Waals surface area (Å²) < 4.78 is 1.77. The van der Waals surface area contributed by atoms with E-state index in [1.165, 1.54) is 6.07 Å². The van der Waals surface area contributed by atoms with Crippen molar-refractivity contribution in [2.24, 2.45) is 0 Å². The van der Waals surface area contributed by atoms with Crippen LogP contribution in [-0.4, -0.2) is 61.0 Å². The topological polar surface area (TPSA) is 134 Å². The number of aromatic nitrogens is 4. The number of nitro groups is 1. The number of hydrogen-bond donors (Lipinski definition) is 0. The standard InChI is InChI=1S/C28H22N8O3/c1-18-17-33(13-14-34(18)27(37)20-8-6-7-19(15-20)16-29)28-30-23-11-4-2-9-21(23)25-31-32-26(35(25)28)22-10-3-5-12-24(22)36(38)39/h2-12,15,18H,13-14,17H2,1H3. The molecule has 0 N–H and O–H groups in total. The van der Waals surface area contributed by atoms with Crippen molar-refractivity contribution in [2.45, 2.75) is 13.0 Å². The quantitative estimate of drug-likeness (QED) is 0.257. The second-order valence-corrected chi connectivity index (χ2v) is 9.37. The summed E-state index contributed by atoms with van der Waals surface area (Å²) in [5.74, 6) is 0.734. The number of piperazine rings is 1. The van der Waals surface area contributed by atoms with Crippen LogP contribution in [0, 0.1) is 21.4 Å². The van der Waals surface area contributed by atoms with Gasteiger partial charge in [-0.25, -0.2) is 9.38 Å². The lowest BCUT2D eigenvalue weighted by atomic mass is 10.1. The molecule has 0 saturated carbocycles. The van der Waals surface area contributed by atoms with Gasteiger partial charge in [0, 0.05) is 42.7 Å². The molecule has 3 heterocycles. The summed E-state index contributed by atoms with van der Waals surface area (Å²) in [6.07, 6.45) is 0. The molecule has 3 aromatic carbocycles. The molecular formula is C28H22N8O3. The molecule has 39 heavy (non-hydrogen) atoms. The lowest BCUT2D eigenvalue weighted by Gasteiger charge is -2.40. The maximum absolute atomic E-state index is 13.3. The number of rotatable bonds is 4. The Balaban J connectivity index is 1.43. The van der Waals surface area contributed by atoms with Gasteiger partial charge in [0.1, 0.15) is 0 Å². The van der Waals surface area contributed by atoms with Gasteiger partial charge >= 0.3 is 0 Å². The number of nitriles is 1. The zero-order valence-electron chi connectivity index (χ0n) is 20.9. The van der Waals surface area contributed by atoms with Crippen molar-refractivity contribution < 1.29 is 9.72 Å². The van der Waals surface area contributed by atoms with Gasteiger partial charge in [0.15, 0.2) is 11.5 Å². The second-order valence-electron chi connectivity index (χ2n) is 9.37. The average molecular weight is 519 g/mol. The first-order chi connectivity index (χ1) is 19.0. The van der Waals surface area contributed by atoms with Crippen LogP contribution in [0.1, 0.15) is 22.8 Å². The van der Waals surface area contributed by atoms with Crippen molar-refractivity contribution in [3.8, 4) is 17.5 Å². The maximum Gasteiger partial charge on any atom is 0.280 e. The van der Waals surface area contributed by atoms with Gasteiger partial charge < -0.3 is 9.80 Å². The predicted molar refractivity (Wildman–Crippen MR) is 144 cm³/mol. The predicted octanol–water partition coefficient (Wildman–Crippen LogP) is 4.08. The van der Waals surface area contributed by atoms with Crippen LogP contribution in [0.5, 0.6) is 0 Å². The Bertz CT molecular complexity index is 1810. The van der Waals surface area contributed by atoms with Crippen LogP contribution in [0.2, 0.25) is 0 Å². The molecule has 1 aliphatic heterocycles. The Morgan fingerprint density at radius 3 is 2.64 bits per heavy atom. The third kappa shape index (κ3) is 4.08. The van der Waals surface area contributed by atoms with Gasteiger partial charge in [-0.1, -0.05) is 30.3 Å². The summed E-state index contributed by atoms with van der Waals surface area (Å²) in [4.78, 5) is 33.5. The summed E-state index contributed by atoms with van der Waals surface area (Å²) >= 11 is 0. The molecule has 1 atom stereocenters. The van der Waals surface area contributed by atoms with Crippen molar-refractivity contribution in [2.75, 3.05) is 24.5 Å². The van der Waals surface area contributed by atoms with Crippen molar-refractivity contribution >= 4 is 34.1 Å². The van der Waals surface area contributed by atoms with E-state index in [1.54, 1.807) is 51.8 Å². The molecule has 2 aromatic heterocycles. The largest absolute Gasteiger partial charge is 0.338 e. The zero-order chi connectivity index (χ0) is 27.1. The van der Waals surface area contributed by atoms with Crippen molar-refractivity contribution in [1.82, 2.24) is 24.5 Å². The molecule has 1 fully saturated rings. The molecule has 11 nitrogen and oxygen atoms in total. The number of benzene rings is 3. The monoisotopic (exact) mass is 518 g/mol. The van der Waals surface area contributed by atoms with E-state index in [4.69, 9.17) is 4.98 Å². The summed E-state index contributed by atoms with van der Waals surface area (Å²) in [6.45, 7) is 3.34. The summed E-state index contributed by atoms with van der Waals surface area (Å²) in [6, 6.07) is 22.6. The minimum absolute atomic E-state index is 0.0747. The van der Waals surface area contributed by atoms with E-state index in [-0.39, 0.29) is 17.6 Å². The summed E-state index contributed by atoms with van der Waals surface area (Å²) in [5, 5.41) is 30.6. The molecule has 1 unspecified atom stereocenters. The van der Waals surface area contributed by atoms with Crippen LogP contribution in [0.15, 0.2) is 72.8 Å². The van der Waals surface area contributed by atoms with Crippen LogP contribution >= 0.6 is 0 Å². The van der Waals surface area contributed by atoms with Crippen LogP contribution in [0.25, 0.3) is 27.9 Å². The van der Waals surface area contributed by atoms with Crippen LogP contribution in [0.3, 0.4) is 0 Å². The van der Waals surface area contributed by atoms with Crippen molar-refractivity contribution in [3.63, 3.8) is 0 Å². The van der Waals surface area contributed by atoms with Gasteiger partial charge in [-0.05, 0) is 43.3 Å². The Hall–Kier alpha value is -5.37. The zero-order valence-corrected chi connectivity index (χ0v) is 20.9. The fraction of sp³-hybridized carbons (Fsp3) is 0.179. The minimum Gasteiger partial charge on any atom is -0.338 e. The normalized spacial score (nSPS) is 15.4. The lowest BCUT2D eigenvalue weighted by Crippen LogP contribution is -2.54. The lowest BCUT2D eigenvalue weighted by molar-refractivity contribution is -0.384. The first kappa shape index (κ1) is 24.0. The first-order valence-electron chi connectivity index (χ1n) is 12.4. The van der Waals surface area contributed by atoms with E-state index < -0.39 is 4.92 Å². The number of hydrogen-bond acceptors (Lipinski definition) is 8. The number of nitro benzene ring substituents is 1. The van der Waals surface area contributed by atoms with Crippen molar-refractivity contribution in [1.29, 1.82) is 5.26 Å².